The van der Waals surface area contributed by atoms with Crippen LogP contribution < -0.4 is 0 Å². The molecule has 0 atom stereocenters. The number of nitrogens with zero attached hydrogens (tertiary/aromatic N) is 1. The normalized spacial score (nSPS) is 12.8. The van der Waals surface area contributed by atoms with E-state index in [0.29, 0.717) is 6.42 Å². The van der Waals surface area contributed by atoms with Crippen LogP contribution in [0.15, 0.2) is 59.8 Å². The van der Waals surface area contributed by atoms with E-state index in [9.17, 15) is 4.79 Å². The van der Waals surface area contributed by atoms with E-state index in [1.54, 1.807) is 0 Å². The molecule has 4 rings (SSSR count). The number of rotatable bonds is 3. The van der Waals surface area contributed by atoms with Crippen LogP contribution in [0.1, 0.15) is 37.0 Å². The SMILES string of the molecule is CC/C(=N/OC(C)=O)c1ccc2c3c(cccc13)-c1ccccc1C2. The van der Waals surface area contributed by atoms with Gasteiger partial charge in [-0.25, -0.2) is 4.79 Å². The minimum Gasteiger partial charge on any atom is -0.318 e. The van der Waals surface area contributed by atoms with E-state index in [1.807, 2.05) is 6.92 Å². The Hall–Kier alpha value is -2.94. The fourth-order valence-corrected chi connectivity index (χ4v) is 3.67. The van der Waals surface area contributed by atoms with Crippen LogP contribution in [0.4, 0.5) is 0 Å². The van der Waals surface area contributed by atoms with Crippen LogP contribution >= 0.6 is 0 Å². The third-order valence-corrected chi connectivity index (χ3v) is 4.75. The molecule has 0 spiro atoms. The third kappa shape index (κ3) is 2.62. The topological polar surface area (TPSA) is 38.7 Å². The van der Waals surface area contributed by atoms with Gasteiger partial charge in [0.25, 0.3) is 0 Å². The molecular weight excluding hydrogens is 310 g/mol. The maximum atomic E-state index is 11.1. The molecule has 0 aliphatic heterocycles. The van der Waals surface area contributed by atoms with Gasteiger partial charge in [-0.1, -0.05) is 66.7 Å². The van der Waals surface area contributed by atoms with E-state index < -0.39 is 5.97 Å². The summed E-state index contributed by atoms with van der Waals surface area (Å²) < 4.78 is 0. The van der Waals surface area contributed by atoms with Crippen molar-refractivity contribution in [1.82, 2.24) is 0 Å². The summed E-state index contributed by atoms with van der Waals surface area (Å²) in [6.45, 7) is 3.39. The Kier molecular flexibility index (Phi) is 3.85. The Morgan fingerprint density at radius 1 is 1.00 bits per heavy atom. The highest BCUT2D eigenvalue weighted by Crippen LogP contribution is 2.40. The van der Waals surface area contributed by atoms with Crippen LogP contribution in [0.2, 0.25) is 0 Å². The molecule has 0 fully saturated rings. The first-order chi connectivity index (χ1) is 12.2. The summed E-state index contributed by atoms with van der Waals surface area (Å²) in [5, 5.41) is 6.52. The van der Waals surface area contributed by atoms with E-state index >= 15 is 0 Å². The summed E-state index contributed by atoms with van der Waals surface area (Å²) in [5.74, 6) is -0.400. The molecule has 0 bridgehead atoms. The van der Waals surface area contributed by atoms with Gasteiger partial charge >= 0.3 is 5.97 Å². The van der Waals surface area contributed by atoms with Crippen molar-refractivity contribution in [3.05, 3.63) is 71.3 Å². The van der Waals surface area contributed by atoms with Gasteiger partial charge < -0.3 is 4.84 Å². The van der Waals surface area contributed by atoms with E-state index in [2.05, 4.69) is 59.8 Å². The molecule has 0 unspecified atom stereocenters. The lowest BCUT2D eigenvalue weighted by Crippen LogP contribution is -2.07. The van der Waals surface area contributed by atoms with Gasteiger partial charge in [0.05, 0.1) is 5.71 Å². The van der Waals surface area contributed by atoms with Crippen molar-refractivity contribution in [2.24, 2.45) is 5.16 Å². The molecule has 1 aliphatic carbocycles. The van der Waals surface area contributed by atoms with E-state index in [1.165, 1.54) is 34.6 Å². The highest BCUT2D eigenvalue weighted by molar-refractivity contribution is 6.15. The average Bonchev–Trinajstić information content (AvgIpc) is 2.63. The summed E-state index contributed by atoms with van der Waals surface area (Å²) in [6, 6.07) is 19.2. The minimum atomic E-state index is -0.400. The summed E-state index contributed by atoms with van der Waals surface area (Å²) in [7, 11) is 0. The monoisotopic (exact) mass is 329 g/mol. The zero-order valence-corrected chi connectivity index (χ0v) is 14.4. The number of benzene rings is 3. The molecule has 0 amide bonds. The molecule has 124 valence electrons. The number of hydrogen-bond donors (Lipinski definition) is 0. The van der Waals surface area contributed by atoms with Crippen LogP contribution in [0.25, 0.3) is 21.9 Å². The number of fused-ring (bicyclic) bond motifs is 2. The van der Waals surface area contributed by atoms with Gasteiger partial charge in [-0.05, 0) is 45.9 Å². The first kappa shape index (κ1) is 15.6. The van der Waals surface area contributed by atoms with Crippen molar-refractivity contribution >= 4 is 22.5 Å². The fourth-order valence-electron chi connectivity index (χ4n) is 3.67. The molecule has 0 N–H and O–H groups in total. The zero-order chi connectivity index (χ0) is 17.4. The predicted molar refractivity (Wildman–Crippen MR) is 101 cm³/mol. The lowest BCUT2D eigenvalue weighted by atomic mass is 9.82. The molecular formula is C22H19NO2. The number of hydrogen-bond acceptors (Lipinski definition) is 3. The largest absolute Gasteiger partial charge is 0.331 e. The fraction of sp³-hybridized carbons (Fsp3) is 0.182. The first-order valence-electron chi connectivity index (χ1n) is 8.56. The van der Waals surface area contributed by atoms with Crippen molar-refractivity contribution in [3.63, 3.8) is 0 Å². The van der Waals surface area contributed by atoms with Crippen LogP contribution in [-0.2, 0) is 16.1 Å². The Bertz CT molecular complexity index is 1020. The van der Waals surface area contributed by atoms with Gasteiger partial charge in [0.15, 0.2) is 0 Å². The molecule has 25 heavy (non-hydrogen) atoms. The van der Waals surface area contributed by atoms with Crippen molar-refractivity contribution in [2.45, 2.75) is 26.7 Å². The molecule has 0 saturated carbocycles. The van der Waals surface area contributed by atoms with E-state index in [0.717, 1.165) is 23.1 Å². The predicted octanol–water partition coefficient (Wildman–Crippen LogP) is 5.09. The first-order valence-corrected chi connectivity index (χ1v) is 8.56. The molecule has 3 heteroatoms. The molecule has 3 aromatic rings. The standard InChI is InChI=1S/C22H19NO2/c1-3-21(23-25-14(2)24)18-12-11-16-13-15-7-4-5-8-17(15)19-9-6-10-20(18)22(16)19/h4-12H,3,13H2,1-2H3/b23-21-. The Labute approximate surface area is 146 Å². The third-order valence-electron chi connectivity index (χ3n) is 4.75. The summed E-state index contributed by atoms with van der Waals surface area (Å²) in [4.78, 5) is 16.0. The number of oxime groups is 1. The molecule has 3 nitrogen and oxygen atoms in total. The molecule has 3 aromatic carbocycles. The maximum Gasteiger partial charge on any atom is 0.331 e. The highest BCUT2D eigenvalue weighted by Gasteiger charge is 2.20. The van der Waals surface area contributed by atoms with Crippen molar-refractivity contribution in [1.29, 1.82) is 0 Å². The lowest BCUT2D eigenvalue weighted by molar-refractivity contribution is -0.140. The Morgan fingerprint density at radius 2 is 1.80 bits per heavy atom. The summed E-state index contributed by atoms with van der Waals surface area (Å²) in [5.41, 5.74) is 7.07. The lowest BCUT2D eigenvalue weighted by Gasteiger charge is -2.22. The van der Waals surface area contributed by atoms with E-state index in [-0.39, 0.29) is 0 Å². The van der Waals surface area contributed by atoms with E-state index in [4.69, 9.17) is 4.84 Å². The highest BCUT2D eigenvalue weighted by atomic mass is 16.7. The second-order valence-electron chi connectivity index (χ2n) is 6.31. The van der Waals surface area contributed by atoms with Crippen molar-refractivity contribution in [2.75, 3.05) is 0 Å². The van der Waals surface area contributed by atoms with Gasteiger partial charge in [-0.2, -0.15) is 0 Å². The summed E-state index contributed by atoms with van der Waals surface area (Å²) in [6.07, 6.45) is 1.63. The maximum absolute atomic E-state index is 11.1. The van der Waals surface area contributed by atoms with Gasteiger partial charge in [0.1, 0.15) is 0 Å². The zero-order valence-electron chi connectivity index (χ0n) is 14.4. The van der Waals surface area contributed by atoms with Crippen LogP contribution in [0.5, 0.6) is 0 Å². The van der Waals surface area contributed by atoms with Crippen LogP contribution in [-0.4, -0.2) is 11.7 Å². The van der Waals surface area contributed by atoms with Crippen molar-refractivity contribution in [3.8, 4) is 11.1 Å². The number of carbonyl (C=O) groups is 1. The Morgan fingerprint density at radius 3 is 2.60 bits per heavy atom. The van der Waals surface area contributed by atoms with Gasteiger partial charge in [0.2, 0.25) is 0 Å². The molecule has 0 radical (unpaired) electrons. The molecule has 0 heterocycles. The summed E-state index contributed by atoms with van der Waals surface area (Å²) >= 11 is 0. The second-order valence-corrected chi connectivity index (χ2v) is 6.31. The van der Waals surface area contributed by atoms with Gasteiger partial charge in [-0.3, -0.25) is 0 Å². The minimum absolute atomic E-state index is 0.400. The quantitative estimate of drug-likeness (QED) is 0.298. The molecule has 0 saturated heterocycles. The van der Waals surface area contributed by atoms with Crippen LogP contribution in [0, 0.1) is 0 Å². The molecule has 1 aliphatic rings. The van der Waals surface area contributed by atoms with Gasteiger partial charge in [0, 0.05) is 12.5 Å². The smallest absolute Gasteiger partial charge is 0.318 e. The van der Waals surface area contributed by atoms with Crippen LogP contribution in [0.3, 0.4) is 0 Å². The number of carbonyl (C=O) groups excluding carboxylic acids is 1. The average molecular weight is 329 g/mol. The van der Waals surface area contributed by atoms with Crippen molar-refractivity contribution < 1.29 is 9.63 Å². The Balaban J connectivity index is 1.97. The molecule has 0 aromatic heterocycles. The van der Waals surface area contributed by atoms with Gasteiger partial charge in [-0.15, -0.1) is 0 Å². The second kappa shape index (κ2) is 6.17.